The van der Waals surface area contributed by atoms with Crippen molar-refractivity contribution in [1.82, 2.24) is 4.98 Å². The van der Waals surface area contributed by atoms with E-state index >= 15 is 0 Å². The van der Waals surface area contributed by atoms with Crippen molar-refractivity contribution in [3.05, 3.63) is 29.7 Å². The molecule has 1 aliphatic heterocycles. The predicted octanol–water partition coefficient (Wildman–Crippen LogP) is 2.14. The minimum absolute atomic E-state index is 0.0359. The molecule has 84 valence electrons. The summed E-state index contributed by atoms with van der Waals surface area (Å²) < 4.78 is 11.2. The van der Waals surface area contributed by atoms with Crippen molar-refractivity contribution >= 4 is 11.1 Å². The number of hydrogen-bond donors (Lipinski definition) is 1. The van der Waals surface area contributed by atoms with Gasteiger partial charge >= 0.3 is 0 Å². The van der Waals surface area contributed by atoms with Crippen molar-refractivity contribution in [1.29, 1.82) is 0 Å². The average molecular weight is 218 g/mol. The molecule has 1 atom stereocenters. The van der Waals surface area contributed by atoms with Gasteiger partial charge < -0.3 is 14.9 Å². The normalized spacial score (nSPS) is 20.7. The zero-order valence-electron chi connectivity index (χ0n) is 8.98. The van der Waals surface area contributed by atoms with Crippen molar-refractivity contribution in [2.24, 2.45) is 5.73 Å². The SMILES string of the molecule is NCc1ccc2oc(C3CCCO3)nc2c1. The molecule has 1 saturated heterocycles. The number of benzene rings is 1. The summed E-state index contributed by atoms with van der Waals surface area (Å²) in [5, 5.41) is 0. The molecule has 2 heterocycles. The van der Waals surface area contributed by atoms with Crippen LogP contribution >= 0.6 is 0 Å². The quantitative estimate of drug-likeness (QED) is 0.838. The van der Waals surface area contributed by atoms with Crippen LogP contribution in [0.2, 0.25) is 0 Å². The molecule has 16 heavy (non-hydrogen) atoms. The summed E-state index contributed by atoms with van der Waals surface area (Å²) in [5.41, 5.74) is 8.33. The van der Waals surface area contributed by atoms with E-state index in [2.05, 4.69) is 4.98 Å². The third-order valence-corrected chi connectivity index (χ3v) is 2.91. The molecular formula is C12H14N2O2. The number of fused-ring (bicyclic) bond motifs is 1. The summed E-state index contributed by atoms with van der Waals surface area (Å²) in [6.45, 7) is 1.33. The molecule has 0 radical (unpaired) electrons. The van der Waals surface area contributed by atoms with Crippen LogP contribution in [0.1, 0.15) is 30.4 Å². The van der Waals surface area contributed by atoms with E-state index in [1.807, 2.05) is 18.2 Å². The van der Waals surface area contributed by atoms with Crippen LogP contribution in [0, 0.1) is 0 Å². The summed E-state index contributed by atoms with van der Waals surface area (Å²) in [6.07, 6.45) is 2.11. The second-order valence-electron chi connectivity index (χ2n) is 4.06. The first kappa shape index (κ1) is 9.81. The van der Waals surface area contributed by atoms with E-state index in [0.717, 1.165) is 36.1 Å². The minimum atomic E-state index is 0.0359. The van der Waals surface area contributed by atoms with Crippen LogP contribution in [0.5, 0.6) is 0 Å². The molecule has 0 bridgehead atoms. The Kier molecular flexibility index (Phi) is 2.38. The van der Waals surface area contributed by atoms with Gasteiger partial charge in [-0.15, -0.1) is 0 Å². The Bertz CT molecular complexity index is 501. The number of nitrogens with zero attached hydrogens (tertiary/aromatic N) is 1. The summed E-state index contributed by atoms with van der Waals surface area (Å²) in [5.74, 6) is 0.696. The lowest BCUT2D eigenvalue weighted by atomic mass is 10.2. The van der Waals surface area contributed by atoms with Gasteiger partial charge in [0, 0.05) is 13.2 Å². The van der Waals surface area contributed by atoms with Gasteiger partial charge in [0.2, 0.25) is 5.89 Å². The number of nitrogens with two attached hydrogens (primary N) is 1. The molecule has 3 rings (SSSR count). The van der Waals surface area contributed by atoms with Gasteiger partial charge in [0.05, 0.1) is 0 Å². The van der Waals surface area contributed by atoms with Crippen molar-refractivity contribution in [2.45, 2.75) is 25.5 Å². The van der Waals surface area contributed by atoms with Crippen LogP contribution in [0.4, 0.5) is 0 Å². The Balaban J connectivity index is 2.01. The monoisotopic (exact) mass is 218 g/mol. The molecule has 1 aromatic heterocycles. The molecule has 1 unspecified atom stereocenters. The number of oxazole rings is 1. The maximum atomic E-state index is 5.67. The van der Waals surface area contributed by atoms with Crippen LogP contribution in [-0.2, 0) is 11.3 Å². The fraction of sp³-hybridized carbons (Fsp3) is 0.417. The molecular weight excluding hydrogens is 204 g/mol. The van der Waals surface area contributed by atoms with E-state index in [-0.39, 0.29) is 6.10 Å². The molecule has 1 fully saturated rings. The van der Waals surface area contributed by atoms with E-state index in [0.29, 0.717) is 12.4 Å². The third-order valence-electron chi connectivity index (χ3n) is 2.91. The largest absolute Gasteiger partial charge is 0.438 e. The first-order valence-corrected chi connectivity index (χ1v) is 5.58. The van der Waals surface area contributed by atoms with Crippen LogP contribution in [0.25, 0.3) is 11.1 Å². The summed E-state index contributed by atoms with van der Waals surface area (Å²) in [7, 11) is 0. The lowest BCUT2D eigenvalue weighted by molar-refractivity contribution is 0.0907. The molecule has 2 aromatic rings. The maximum absolute atomic E-state index is 5.67. The maximum Gasteiger partial charge on any atom is 0.224 e. The van der Waals surface area contributed by atoms with Gasteiger partial charge in [-0.25, -0.2) is 4.98 Å². The molecule has 0 spiro atoms. The van der Waals surface area contributed by atoms with Crippen LogP contribution in [0.15, 0.2) is 22.6 Å². The Hall–Kier alpha value is -1.39. The van der Waals surface area contributed by atoms with E-state index in [9.17, 15) is 0 Å². The number of rotatable bonds is 2. The highest BCUT2D eigenvalue weighted by Gasteiger charge is 2.23. The topological polar surface area (TPSA) is 61.3 Å². The summed E-state index contributed by atoms with van der Waals surface area (Å²) in [4.78, 5) is 4.46. The first-order chi connectivity index (χ1) is 7.86. The highest BCUT2D eigenvalue weighted by atomic mass is 16.5. The molecule has 0 saturated carbocycles. The first-order valence-electron chi connectivity index (χ1n) is 5.58. The van der Waals surface area contributed by atoms with Crippen molar-refractivity contribution in [2.75, 3.05) is 6.61 Å². The van der Waals surface area contributed by atoms with Gasteiger partial charge in [-0.05, 0) is 30.5 Å². The number of hydrogen-bond acceptors (Lipinski definition) is 4. The molecule has 0 aliphatic carbocycles. The van der Waals surface area contributed by atoms with Crippen LogP contribution in [-0.4, -0.2) is 11.6 Å². The lowest BCUT2D eigenvalue weighted by Crippen LogP contribution is -1.95. The Morgan fingerprint density at radius 2 is 2.38 bits per heavy atom. The smallest absolute Gasteiger partial charge is 0.224 e. The molecule has 0 amide bonds. The highest BCUT2D eigenvalue weighted by Crippen LogP contribution is 2.30. The summed E-state index contributed by atoms with van der Waals surface area (Å²) in [6, 6.07) is 5.85. The molecule has 2 N–H and O–H groups in total. The second-order valence-corrected chi connectivity index (χ2v) is 4.06. The molecule has 1 aliphatic rings. The van der Waals surface area contributed by atoms with Crippen LogP contribution in [0.3, 0.4) is 0 Å². The van der Waals surface area contributed by atoms with Gasteiger partial charge in [0.15, 0.2) is 5.58 Å². The van der Waals surface area contributed by atoms with Gasteiger partial charge in [-0.3, -0.25) is 0 Å². The Labute approximate surface area is 93.4 Å². The van der Waals surface area contributed by atoms with Gasteiger partial charge in [-0.2, -0.15) is 0 Å². The number of ether oxygens (including phenoxy) is 1. The second kappa shape index (κ2) is 3.88. The lowest BCUT2D eigenvalue weighted by Gasteiger charge is -2.01. The standard InChI is InChI=1S/C12H14N2O2/c13-7-8-3-4-10-9(6-8)14-12(16-10)11-2-1-5-15-11/h3-4,6,11H,1-2,5,7,13H2. The Morgan fingerprint density at radius 1 is 1.44 bits per heavy atom. The summed E-state index contributed by atoms with van der Waals surface area (Å²) >= 11 is 0. The van der Waals surface area contributed by atoms with Crippen molar-refractivity contribution in [3.63, 3.8) is 0 Å². The van der Waals surface area contributed by atoms with Gasteiger partial charge in [0.1, 0.15) is 11.6 Å². The van der Waals surface area contributed by atoms with Crippen molar-refractivity contribution < 1.29 is 9.15 Å². The third kappa shape index (κ3) is 1.60. The van der Waals surface area contributed by atoms with E-state index < -0.39 is 0 Å². The Morgan fingerprint density at radius 3 is 3.12 bits per heavy atom. The van der Waals surface area contributed by atoms with E-state index in [1.54, 1.807) is 0 Å². The fourth-order valence-electron chi connectivity index (χ4n) is 2.03. The van der Waals surface area contributed by atoms with Gasteiger partial charge in [0.25, 0.3) is 0 Å². The highest BCUT2D eigenvalue weighted by molar-refractivity contribution is 5.73. The molecule has 1 aromatic carbocycles. The minimum Gasteiger partial charge on any atom is -0.438 e. The van der Waals surface area contributed by atoms with Crippen LogP contribution < -0.4 is 5.73 Å². The molecule has 4 heteroatoms. The van der Waals surface area contributed by atoms with E-state index in [4.69, 9.17) is 14.9 Å². The zero-order chi connectivity index (χ0) is 11.0. The average Bonchev–Trinajstić information content (AvgIpc) is 2.96. The van der Waals surface area contributed by atoms with Gasteiger partial charge in [-0.1, -0.05) is 6.07 Å². The predicted molar refractivity (Wildman–Crippen MR) is 59.8 cm³/mol. The van der Waals surface area contributed by atoms with E-state index in [1.165, 1.54) is 0 Å². The zero-order valence-corrected chi connectivity index (χ0v) is 8.98. The van der Waals surface area contributed by atoms with Crippen molar-refractivity contribution in [3.8, 4) is 0 Å². The molecule has 4 nitrogen and oxygen atoms in total. The number of aromatic nitrogens is 1. The fourth-order valence-corrected chi connectivity index (χ4v) is 2.03.